The van der Waals surface area contributed by atoms with Crippen molar-refractivity contribution in [3.05, 3.63) is 29.3 Å². The molecule has 20 heavy (non-hydrogen) atoms. The van der Waals surface area contributed by atoms with Crippen molar-refractivity contribution in [2.75, 3.05) is 39.7 Å². The van der Waals surface area contributed by atoms with Crippen LogP contribution in [0, 0.1) is 6.92 Å². The van der Waals surface area contributed by atoms with E-state index in [0.29, 0.717) is 31.0 Å². The molecule has 1 atom stereocenters. The van der Waals surface area contributed by atoms with E-state index in [4.69, 9.17) is 15.2 Å². The van der Waals surface area contributed by atoms with Crippen LogP contribution in [-0.2, 0) is 9.47 Å². The number of benzene rings is 1. The Morgan fingerprint density at radius 1 is 1.35 bits per heavy atom. The molecule has 0 fully saturated rings. The van der Waals surface area contributed by atoms with Gasteiger partial charge in [0, 0.05) is 26.5 Å². The molecule has 0 heterocycles. The topological polar surface area (TPSA) is 64.8 Å². The lowest BCUT2D eigenvalue weighted by atomic mass is 10.1. The molecule has 5 nitrogen and oxygen atoms in total. The van der Waals surface area contributed by atoms with E-state index < -0.39 is 0 Å². The van der Waals surface area contributed by atoms with Crippen LogP contribution in [0.15, 0.2) is 18.2 Å². The first kappa shape index (κ1) is 16.5. The Bertz CT molecular complexity index is 449. The van der Waals surface area contributed by atoms with Gasteiger partial charge in [-0.15, -0.1) is 0 Å². The summed E-state index contributed by atoms with van der Waals surface area (Å²) in [5, 5.41) is 0. The smallest absolute Gasteiger partial charge is 0.256 e. The van der Waals surface area contributed by atoms with E-state index in [0.717, 1.165) is 5.56 Å². The molecule has 0 saturated carbocycles. The predicted molar refractivity (Wildman–Crippen MR) is 79.8 cm³/mol. The molecule has 1 aromatic carbocycles. The van der Waals surface area contributed by atoms with E-state index in [9.17, 15) is 4.79 Å². The molecule has 0 bridgehead atoms. The number of nitrogens with zero attached hydrogens (tertiary/aromatic N) is 1. The van der Waals surface area contributed by atoms with Gasteiger partial charge in [0.15, 0.2) is 0 Å². The fourth-order valence-corrected chi connectivity index (χ4v) is 2.07. The molecule has 0 spiro atoms. The van der Waals surface area contributed by atoms with Crippen molar-refractivity contribution < 1.29 is 14.3 Å². The molecule has 0 aromatic heterocycles. The van der Waals surface area contributed by atoms with Gasteiger partial charge in [-0.2, -0.15) is 0 Å². The second-order valence-corrected chi connectivity index (χ2v) is 4.89. The molecule has 1 rings (SSSR count). The maximum atomic E-state index is 12.6. The van der Waals surface area contributed by atoms with Crippen LogP contribution in [0.2, 0.25) is 0 Å². The Balaban J connectivity index is 2.96. The molecule has 5 heteroatoms. The number of nitrogen functional groups attached to an aromatic ring is 1. The highest BCUT2D eigenvalue weighted by molar-refractivity contribution is 5.99. The van der Waals surface area contributed by atoms with Crippen molar-refractivity contribution in [2.24, 2.45) is 0 Å². The predicted octanol–water partition coefficient (Wildman–Crippen LogP) is 1.70. The minimum Gasteiger partial charge on any atom is -0.398 e. The summed E-state index contributed by atoms with van der Waals surface area (Å²) >= 11 is 0. The van der Waals surface area contributed by atoms with Gasteiger partial charge >= 0.3 is 0 Å². The Morgan fingerprint density at radius 2 is 2.05 bits per heavy atom. The molecule has 1 unspecified atom stereocenters. The molecule has 0 aliphatic carbocycles. The number of amides is 1. The summed E-state index contributed by atoms with van der Waals surface area (Å²) in [6.07, 6.45) is 0. The summed E-state index contributed by atoms with van der Waals surface area (Å²) < 4.78 is 10.2. The summed E-state index contributed by atoms with van der Waals surface area (Å²) in [6, 6.07) is 5.43. The minimum absolute atomic E-state index is 0.0386. The van der Waals surface area contributed by atoms with E-state index in [1.54, 1.807) is 25.2 Å². The molecular weight excluding hydrogens is 256 g/mol. The monoisotopic (exact) mass is 280 g/mol. The zero-order valence-corrected chi connectivity index (χ0v) is 12.7. The van der Waals surface area contributed by atoms with Crippen LogP contribution in [0.5, 0.6) is 0 Å². The van der Waals surface area contributed by atoms with Crippen LogP contribution in [0.3, 0.4) is 0 Å². The van der Waals surface area contributed by atoms with Gasteiger partial charge < -0.3 is 20.1 Å². The highest BCUT2D eigenvalue weighted by Crippen LogP contribution is 2.17. The van der Waals surface area contributed by atoms with Crippen molar-refractivity contribution in [1.29, 1.82) is 0 Å². The Morgan fingerprint density at radius 3 is 2.60 bits per heavy atom. The maximum absolute atomic E-state index is 12.6. The van der Waals surface area contributed by atoms with Crippen molar-refractivity contribution in [2.45, 2.75) is 19.9 Å². The molecule has 0 aliphatic heterocycles. The number of ether oxygens (including phenoxy) is 2. The molecule has 0 saturated heterocycles. The largest absolute Gasteiger partial charge is 0.398 e. The number of anilines is 1. The quantitative estimate of drug-likeness (QED) is 0.772. The van der Waals surface area contributed by atoms with Gasteiger partial charge in [0.25, 0.3) is 5.91 Å². The Hall–Kier alpha value is -1.59. The fourth-order valence-electron chi connectivity index (χ4n) is 2.07. The van der Waals surface area contributed by atoms with Crippen LogP contribution >= 0.6 is 0 Å². The second kappa shape index (κ2) is 7.87. The zero-order valence-electron chi connectivity index (χ0n) is 12.7. The van der Waals surface area contributed by atoms with Crippen molar-refractivity contribution in [1.82, 2.24) is 4.90 Å². The minimum atomic E-state index is -0.0934. The van der Waals surface area contributed by atoms with Gasteiger partial charge in [-0.05, 0) is 31.5 Å². The second-order valence-electron chi connectivity index (χ2n) is 4.89. The van der Waals surface area contributed by atoms with E-state index in [1.165, 1.54) is 0 Å². The maximum Gasteiger partial charge on any atom is 0.256 e. The molecule has 0 aliphatic rings. The normalized spacial score (nSPS) is 12.2. The van der Waals surface area contributed by atoms with Crippen LogP contribution < -0.4 is 5.73 Å². The zero-order chi connectivity index (χ0) is 15.1. The summed E-state index contributed by atoms with van der Waals surface area (Å²) in [4.78, 5) is 14.4. The molecular formula is C15H24N2O3. The first-order valence-corrected chi connectivity index (χ1v) is 6.66. The lowest BCUT2D eigenvalue weighted by molar-refractivity contribution is 0.0480. The van der Waals surface area contributed by atoms with Crippen LogP contribution in [0.1, 0.15) is 22.8 Å². The Labute approximate surface area is 120 Å². The van der Waals surface area contributed by atoms with Crippen molar-refractivity contribution in [3.8, 4) is 0 Å². The SMILES string of the molecule is COCCN(C(=O)c1ccc(C)cc1N)C(C)COC. The fraction of sp³-hybridized carbons (Fsp3) is 0.533. The third kappa shape index (κ3) is 4.21. The van der Waals surface area contributed by atoms with Gasteiger partial charge in [0.1, 0.15) is 0 Å². The number of rotatable bonds is 7. The average Bonchev–Trinajstić information content (AvgIpc) is 2.39. The molecule has 2 N–H and O–H groups in total. The lowest BCUT2D eigenvalue weighted by Gasteiger charge is -2.29. The number of hydrogen-bond acceptors (Lipinski definition) is 4. The highest BCUT2D eigenvalue weighted by atomic mass is 16.5. The molecule has 1 amide bonds. The van der Waals surface area contributed by atoms with Crippen molar-refractivity contribution in [3.63, 3.8) is 0 Å². The number of carbonyl (C=O) groups excluding carboxylic acids is 1. The van der Waals surface area contributed by atoms with Crippen LogP contribution in [0.4, 0.5) is 5.69 Å². The summed E-state index contributed by atoms with van der Waals surface area (Å²) in [5.41, 5.74) is 8.01. The first-order chi connectivity index (χ1) is 9.51. The third-order valence-electron chi connectivity index (χ3n) is 3.17. The number of hydrogen-bond donors (Lipinski definition) is 1. The summed E-state index contributed by atoms with van der Waals surface area (Å²) in [6.45, 7) is 5.35. The Kier molecular flexibility index (Phi) is 6.48. The number of methoxy groups -OCH3 is 2. The van der Waals surface area contributed by atoms with Gasteiger partial charge in [-0.25, -0.2) is 0 Å². The van der Waals surface area contributed by atoms with Crippen molar-refractivity contribution >= 4 is 11.6 Å². The standard InChI is InChI=1S/C15H24N2O3/c1-11-5-6-13(14(16)9-11)15(18)17(7-8-19-3)12(2)10-20-4/h5-6,9,12H,7-8,10,16H2,1-4H3. The molecule has 1 aromatic rings. The van der Waals surface area contributed by atoms with Gasteiger partial charge in [0.05, 0.1) is 24.8 Å². The average molecular weight is 280 g/mol. The summed E-state index contributed by atoms with van der Waals surface area (Å²) in [5.74, 6) is -0.0934. The number of aryl methyl sites for hydroxylation is 1. The molecule has 0 radical (unpaired) electrons. The van der Waals surface area contributed by atoms with E-state index >= 15 is 0 Å². The van der Waals surface area contributed by atoms with Gasteiger partial charge in [-0.1, -0.05) is 6.07 Å². The summed E-state index contributed by atoms with van der Waals surface area (Å²) in [7, 11) is 3.24. The van der Waals surface area contributed by atoms with E-state index in [-0.39, 0.29) is 11.9 Å². The van der Waals surface area contributed by atoms with E-state index in [1.807, 2.05) is 26.0 Å². The van der Waals surface area contributed by atoms with Gasteiger partial charge in [-0.3, -0.25) is 4.79 Å². The van der Waals surface area contributed by atoms with Crippen LogP contribution in [0.25, 0.3) is 0 Å². The third-order valence-corrected chi connectivity index (χ3v) is 3.17. The lowest BCUT2D eigenvalue weighted by Crippen LogP contribution is -2.43. The highest BCUT2D eigenvalue weighted by Gasteiger charge is 2.22. The first-order valence-electron chi connectivity index (χ1n) is 6.66. The van der Waals surface area contributed by atoms with E-state index in [2.05, 4.69) is 0 Å². The number of nitrogens with two attached hydrogens (primary N) is 1. The van der Waals surface area contributed by atoms with Gasteiger partial charge in [0.2, 0.25) is 0 Å². The number of carbonyl (C=O) groups is 1. The molecule has 112 valence electrons. The van der Waals surface area contributed by atoms with Crippen LogP contribution in [-0.4, -0.2) is 50.8 Å².